The molecule has 0 N–H and O–H groups in total. The molecule has 0 amide bonds. The molecule has 1 aliphatic carbocycles. The van der Waals surface area contributed by atoms with Crippen LogP contribution in [0.4, 0.5) is 0 Å². The van der Waals surface area contributed by atoms with Crippen molar-refractivity contribution in [3.05, 3.63) is 0 Å². The van der Waals surface area contributed by atoms with E-state index in [0.717, 1.165) is 4.83 Å². The molecule has 0 aromatic heterocycles. The number of alkyl halides is 2. The fraction of sp³-hybridized carbons (Fsp3) is 1.00. The molecule has 0 bridgehead atoms. The summed E-state index contributed by atoms with van der Waals surface area (Å²) in [5.74, 6) is 0. The molecule has 1 rings (SSSR count). The normalized spacial score (nSPS) is 41.0. The summed E-state index contributed by atoms with van der Waals surface area (Å²) in [6.07, 6.45) is 5.31. The maximum Gasteiger partial charge on any atom is 0.0394 e. The van der Waals surface area contributed by atoms with Gasteiger partial charge in [-0.25, -0.2) is 0 Å². The summed E-state index contributed by atoms with van der Waals surface area (Å²) in [4.78, 5) is 0.747. The molecule has 0 aliphatic heterocycles. The third-order valence-electron chi connectivity index (χ3n) is 1.87. The first-order valence-electron chi connectivity index (χ1n) is 3.52. The summed E-state index contributed by atoms with van der Waals surface area (Å²) in [6, 6.07) is 0. The van der Waals surface area contributed by atoms with Gasteiger partial charge in [-0.2, -0.15) is 0 Å². The lowest BCUT2D eigenvalue weighted by Gasteiger charge is -2.03. The largest absolute Gasteiger partial charge is 0.0875 e. The Morgan fingerprint density at radius 1 is 1.67 bits per heavy atom. The van der Waals surface area contributed by atoms with Crippen molar-refractivity contribution in [3.8, 4) is 0 Å². The first-order chi connectivity index (χ1) is 4.19. The second-order valence-electron chi connectivity index (χ2n) is 2.81. The Morgan fingerprint density at radius 3 is 2.56 bits per heavy atom. The third-order valence-corrected chi connectivity index (χ3v) is 4.95. The van der Waals surface area contributed by atoms with Gasteiger partial charge in [-0.3, -0.25) is 0 Å². The van der Waals surface area contributed by atoms with Gasteiger partial charge >= 0.3 is 0 Å². The molecule has 1 aliphatic rings. The molecule has 0 spiro atoms. The van der Waals surface area contributed by atoms with E-state index in [-0.39, 0.29) is 0 Å². The Morgan fingerprint density at radius 2 is 2.22 bits per heavy atom. The topological polar surface area (TPSA) is 0 Å². The van der Waals surface area contributed by atoms with Crippen molar-refractivity contribution >= 4 is 31.9 Å². The summed E-state index contributed by atoms with van der Waals surface area (Å²) >= 11 is 7.30. The Balaban J connectivity index is 2.13. The van der Waals surface area contributed by atoms with Crippen molar-refractivity contribution in [3.63, 3.8) is 0 Å². The molecule has 0 radical (unpaired) electrons. The molecule has 0 nitrogen and oxygen atoms in total. The highest BCUT2D eigenvalue weighted by atomic mass is 79.9. The summed E-state index contributed by atoms with van der Waals surface area (Å²) in [5, 5.41) is 0. The lowest BCUT2D eigenvalue weighted by molar-refractivity contribution is 0.695. The summed E-state index contributed by atoms with van der Waals surface area (Å²) < 4.78 is 0.489. The van der Waals surface area contributed by atoms with Crippen LogP contribution in [0.25, 0.3) is 0 Å². The van der Waals surface area contributed by atoms with Crippen molar-refractivity contribution in [1.29, 1.82) is 0 Å². The van der Waals surface area contributed by atoms with Crippen LogP contribution in [-0.4, -0.2) is 9.15 Å². The second-order valence-corrected chi connectivity index (χ2v) is 5.49. The third kappa shape index (κ3) is 1.94. The quantitative estimate of drug-likeness (QED) is 0.678. The van der Waals surface area contributed by atoms with E-state index in [1.807, 2.05) is 0 Å². The van der Waals surface area contributed by atoms with Gasteiger partial charge in [-0.1, -0.05) is 51.6 Å². The highest BCUT2D eigenvalue weighted by Crippen LogP contribution is 2.53. The van der Waals surface area contributed by atoms with E-state index in [0.29, 0.717) is 4.32 Å². The fourth-order valence-electron chi connectivity index (χ4n) is 0.968. The Kier molecular flexibility index (Phi) is 2.61. The molecular formula is C7H12Br2. The van der Waals surface area contributed by atoms with Gasteiger partial charge in [0.25, 0.3) is 0 Å². The van der Waals surface area contributed by atoms with Crippen LogP contribution >= 0.6 is 31.9 Å². The predicted molar refractivity (Wildman–Crippen MR) is 48.5 cm³/mol. The Labute approximate surface area is 73.7 Å². The standard InChI is InChI=1S/C7H12Br2/c1-2-3-4-7(9)5-6(7)8/h6H,2-5H2,1H3/t6-,7-/m0/s1. The summed E-state index contributed by atoms with van der Waals surface area (Å²) in [6.45, 7) is 2.24. The number of halogens is 2. The SMILES string of the molecule is CCCC[C@]1(Br)C[C@@H]1Br. The Hall–Kier alpha value is 0.960. The molecule has 2 heteroatoms. The van der Waals surface area contributed by atoms with Crippen LogP contribution in [0.5, 0.6) is 0 Å². The van der Waals surface area contributed by atoms with E-state index in [1.165, 1.54) is 25.7 Å². The molecule has 0 saturated heterocycles. The van der Waals surface area contributed by atoms with Crippen LogP contribution in [0, 0.1) is 0 Å². The van der Waals surface area contributed by atoms with Crippen molar-refractivity contribution in [2.24, 2.45) is 0 Å². The van der Waals surface area contributed by atoms with Crippen molar-refractivity contribution in [1.82, 2.24) is 0 Å². The molecule has 0 aromatic rings. The number of rotatable bonds is 3. The Bertz CT molecular complexity index is 103. The second kappa shape index (κ2) is 2.91. The molecular weight excluding hydrogens is 244 g/mol. The van der Waals surface area contributed by atoms with Crippen LogP contribution in [0.15, 0.2) is 0 Å². The maximum absolute atomic E-state index is 3.71. The lowest BCUT2D eigenvalue weighted by atomic mass is 10.2. The van der Waals surface area contributed by atoms with Gasteiger partial charge in [0.1, 0.15) is 0 Å². The molecule has 9 heavy (non-hydrogen) atoms. The van der Waals surface area contributed by atoms with Crippen LogP contribution in [-0.2, 0) is 0 Å². The monoisotopic (exact) mass is 254 g/mol. The minimum absolute atomic E-state index is 0.489. The lowest BCUT2D eigenvalue weighted by Crippen LogP contribution is -1.99. The van der Waals surface area contributed by atoms with E-state index in [4.69, 9.17) is 0 Å². The van der Waals surface area contributed by atoms with E-state index in [9.17, 15) is 0 Å². The van der Waals surface area contributed by atoms with Gasteiger partial charge in [-0.05, 0) is 12.8 Å². The summed E-state index contributed by atoms with van der Waals surface area (Å²) in [7, 11) is 0. The molecule has 0 aromatic carbocycles. The van der Waals surface area contributed by atoms with E-state index in [2.05, 4.69) is 38.8 Å². The van der Waals surface area contributed by atoms with Gasteiger partial charge in [0.15, 0.2) is 0 Å². The van der Waals surface area contributed by atoms with Crippen molar-refractivity contribution in [2.45, 2.75) is 41.8 Å². The molecule has 0 unspecified atom stereocenters. The smallest absolute Gasteiger partial charge is 0.0394 e. The van der Waals surface area contributed by atoms with Gasteiger partial charge in [0, 0.05) is 9.15 Å². The van der Waals surface area contributed by atoms with E-state index in [1.54, 1.807) is 0 Å². The zero-order valence-electron chi connectivity index (χ0n) is 5.66. The highest BCUT2D eigenvalue weighted by molar-refractivity contribution is 9.13. The molecule has 0 heterocycles. The van der Waals surface area contributed by atoms with E-state index < -0.39 is 0 Å². The van der Waals surface area contributed by atoms with Crippen LogP contribution in [0.1, 0.15) is 32.6 Å². The highest BCUT2D eigenvalue weighted by Gasteiger charge is 2.49. The van der Waals surface area contributed by atoms with Gasteiger partial charge in [0.05, 0.1) is 0 Å². The van der Waals surface area contributed by atoms with Gasteiger partial charge in [-0.15, -0.1) is 0 Å². The van der Waals surface area contributed by atoms with Crippen molar-refractivity contribution in [2.75, 3.05) is 0 Å². The fourth-order valence-corrected chi connectivity index (χ4v) is 2.81. The molecule has 1 fully saturated rings. The average Bonchev–Trinajstić information content (AvgIpc) is 2.38. The predicted octanol–water partition coefficient (Wildman–Crippen LogP) is 3.48. The van der Waals surface area contributed by atoms with Gasteiger partial charge < -0.3 is 0 Å². The first kappa shape index (κ1) is 8.06. The van der Waals surface area contributed by atoms with Crippen LogP contribution < -0.4 is 0 Å². The number of hydrogen-bond acceptors (Lipinski definition) is 0. The molecule has 1 saturated carbocycles. The van der Waals surface area contributed by atoms with Crippen LogP contribution in [0.3, 0.4) is 0 Å². The van der Waals surface area contributed by atoms with Gasteiger partial charge in [0.2, 0.25) is 0 Å². The summed E-state index contributed by atoms with van der Waals surface area (Å²) in [5.41, 5.74) is 0. The zero-order valence-corrected chi connectivity index (χ0v) is 8.83. The number of hydrogen-bond donors (Lipinski definition) is 0. The average molecular weight is 256 g/mol. The zero-order chi connectivity index (χ0) is 6.91. The molecule has 2 atom stereocenters. The van der Waals surface area contributed by atoms with Crippen molar-refractivity contribution < 1.29 is 0 Å². The first-order valence-corrected chi connectivity index (χ1v) is 5.23. The minimum Gasteiger partial charge on any atom is -0.0875 e. The number of unbranched alkanes of at least 4 members (excludes halogenated alkanes) is 1. The maximum atomic E-state index is 3.71. The molecule has 54 valence electrons. The van der Waals surface area contributed by atoms with E-state index >= 15 is 0 Å². The minimum atomic E-state index is 0.489. The van der Waals surface area contributed by atoms with Crippen LogP contribution in [0.2, 0.25) is 0 Å².